The zero-order valence-corrected chi connectivity index (χ0v) is 18.8. The van der Waals surface area contributed by atoms with Gasteiger partial charge in [0.05, 0.1) is 36.4 Å². The number of furan rings is 1. The number of carbonyl (C=O) groups excluding carboxylic acids is 2. The SMILES string of the molecule is COc1ccc(S(=O)(=O)N2CCCCC2)cc1NC(=O)C1CC(=O)N(Cc2ccco2)C1. The number of hydrogen-bond donors (Lipinski definition) is 1. The summed E-state index contributed by atoms with van der Waals surface area (Å²) in [5, 5.41) is 2.77. The summed E-state index contributed by atoms with van der Waals surface area (Å²) in [6.45, 7) is 1.55. The fourth-order valence-electron chi connectivity index (χ4n) is 4.13. The van der Waals surface area contributed by atoms with E-state index in [9.17, 15) is 18.0 Å². The lowest BCUT2D eigenvalue weighted by atomic mass is 10.1. The summed E-state index contributed by atoms with van der Waals surface area (Å²) in [7, 11) is -2.20. The number of benzene rings is 1. The molecule has 1 aromatic carbocycles. The Bertz CT molecular complexity index is 1080. The van der Waals surface area contributed by atoms with Crippen LogP contribution in [0.5, 0.6) is 5.75 Å². The summed E-state index contributed by atoms with van der Waals surface area (Å²) >= 11 is 0. The maximum atomic E-state index is 13.0. The van der Waals surface area contributed by atoms with Gasteiger partial charge in [-0.2, -0.15) is 4.31 Å². The predicted octanol–water partition coefficient (Wildman–Crippen LogP) is 2.45. The first-order valence-corrected chi connectivity index (χ1v) is 12.1. The van der Waals surface area contributed by atoms with Crippen LogP contribution in [-0.4, -0.2) is 56.2 Å². The highest BCUT2D eigenvalue weighted by molar-refractivity contribution is 7.89. The van der Waals surface area contributed by atoms with E-state index in [1.807, 2.05) is 0 Å². The molecule has 2 aliphatic rings. The average Bonchev–Trinajstić information content (AvgIpc) is 3.44. The Balaban J connectivity index is 1.49. The van der Waals surface area contributed by atoms with E-state index >= 15 is 0 Å². The van der Waals surface area contributed by atoms with Crippen LogP contribution in [0.3, 0.4) is 0 Å². The molecule has 0 aliphatic carbocycles. The van der Waals surface area contributed by atoms with Crippen molar-refractivity contribution in [2.45, 2.75) is 37.1 Å². The molecule has 9 nitrogen and oxygen atoms in total. The van der Waals surface area contributed by atoms with Crippen molar-refractivity contribution in [1.82, 2.24) is 9.21 Å². The van der Waals surface area contributed by atoms with Gasteiger partial charge in [-0.1, -0.05) is 6.42 Å². The summed E-state index contributed by atoms with van der Waals surface area (Å²) in [5.41, 5.74) is 0.271. The smallest absolute Gasteiger partial charge is 0.243 e. The average molecular weight is 462 g/mol. The second-order valence-corrected chi connectivity index (χ2v) is 10.0. The van der Waals surface area contributed by atoms with Crippen LogP contribution in [0, 0.1) is 5.92 Å². The third kappa shape index (κ3) is 4.66. The Morgan fingerprint density at radius 2 is 2.00 bits per heavy atom. The number of piperidine rings is 1. The largest absolute Gasteiger partial charge is 0.495 e. The van der Waals surface area contributed by atoms with E-state index in [0.29, 0.717) is 31.1 Å². The lowest BCUT2D eigenvalue weighted by Gasteiger charge is -2.26. The topological polar surface area (TPSA) is 109 Å². The molecular weight excluding hydrogens is 434 g/mol. The normalized spacial score (nSPS) is 19.8. The molecule has 0 spiro atoms. The maximum Gasteiger partial charge on any atom is 0.243 e. The van der Waals surface area contributed by atoms with Gasteiger partial charge in [-0.05, 0) is 43.2 Å². The molecular formula is C22H27N3O6S. The minimum absolute atomic E-state index is 0.0840. The lowest BCUT2D eigenvalue weighted by Crippen LogP contribution is -2.35. The van der Waals surface area contributed by atoms with Crippen molar-refractivity contribution in [3.05, 3.63) is 42.4 Å². The number of sulfonamides is 1. The first kappa shape index (κ1) is 22.3. The third-order valence-electron chi connectivity index (χ3n) is 5.89. The maximum absolute atomic E-state index is 13.0. The van der Waals surface area contributed by atoms with E-state index in [1.165, 1.54) is 35.9 Å². The number of hydrogen-bond acceptors (Lipinski definition) is 6. The molecule has 2 amide bonds. The van der Waals surface area contributed by atoms with Crippen molar-refractivity contribution in [1.29, 1.82) is 0 Å². The molecule has 3 heterocycles. The highest BCUT2D eigenvalue weighted by Crippen LogP contribution is 2.31. The number of amides is 2. The third-order valence-corrected chi connectivity index (χ3v) is 7.79. The minimum Gasteiger partial charge on any atom is -0.495 e. The fourth-order valence-corrected chi connectivity index (χ4v) is 5.67. The molecule has 0 saturated carbocycles. The number of nitrogens with zero attached hydrogens (tertiary/aromatic N) is 2. The molecule has 2 fully saturated rings. The molecule has 172 valence electrons. The lowest BCUT2D eigenvalue weighted by molar-refractivity contribution is -0.128. The first-order valence-electron chi connectivity index (χ1n) is 10.7. The van der Waals surface area contributed by atoms with E-state index < -0.39 is 15.9 Å². The van der Waals surface area contributed by atoms with Gasteiger partial charge in [-0.25, -0.2) is 8.42 Å². The summed E-state index contributed by atoms with van der Waals surface area (Å²) in [6.07, 6.45) is 4.32. The second-order valence-electron chi connectivity index (χ2n) is 8.07. The van der Waals surface area contributed by atoms with E-state index in [2.05, 4.69) is 5.32 Å². The number of rotatable bonds is 7. The number of ether oxygens (including phenoxy) is 1. The van der Waals surface area contributed by atoms with E-state index in [1.54, 1.807) is 17.0 Å². The minimum atomic E-state index is -3.66. The fraction of sp³-hybridized carbons (Fsp3) is 0.455. The van der Waals surface area contributed by atoms with Gasteiger partial charge in [0.25, 0.3) is 0 Å². The van der Waals surface area contributed by atoms with E-state index in [0.717, 1.165) is 19.3 Å². The molecule has 1 N–H and O–H groups in total. The number of anilines is 1. The Morgan fingerprint density at radius 3 is 2.69 bits per heavy atom. The van der Waals surface area contributed by atoms with Gasteiger partial charge < -0.3 is 19.4 Å². The molecule has 0 radical (unpaired) electrons. The Kier molecular flexibility index (Phi) is 6.52. The van der Waals surface area contributed by atoms with Crippen LogP contribution in [0.25, 0.3) is 0 Å². The van der Waals surface area contributed by atoms with E-state index in [-0.39, 0.29) is 35.4 Å². The molecule has 1 unspecified atom stereocenters. The monoisotopic (exact) mass is 461 g/mol. The van der Waals surface area contributed by atoms with Crippen molar-refractivity contribution >= 4 is 27.5 Å². The summed E-state index contributed by atoms with van der Waals surface area (Å²) < 4.78 is 38.1. The van der Waals surface area contributed by atoms with Crippen molar-refractivity contribution in [2.24, 2.45) is 5.92 Å². The van der Waals surface area contributed by atoms with Gasteiger partial charge in [0.15, 0.2) is 0 Å². The van der Waals surface area contributed by atoms with Gasteiger partial charge in [-0.3, -0.25) is 9.59 Å². The van der Waals surface area contributed by atoms with Crippen molar-refractivity contribution < 1.29 is 27.2 Å². The van der Waals surface area contributed by atoms with Gasteiger partial charge >= 0.3 is 0 Å². The summed E-state index contributed by atoms with van der Waals surface area (Å²) in [4.78, 5) is 26.9. The van der Waals surface area contributed by atoms with Crippen LogP contribution in [0.15, 0.2) is 45.9 Å². The molecule has 2 saturated heterocycles. The Morgan fingerprint density at radius 1 is 1.22 bits per heavy atom. The molecule has 2 aliphatic heterocycles. The van der Waals surface area contributed by atoms with Crippen LogP contribution in [0.4, 0.5) is 5.69 Å². The Labute approximate surface area is 187 Å². The molecule has 32 heavy (non-hydrogen) atoms. The van der Waals surface area contributed by atoms with Crippen LogP contribution in [0.2, 0.25) is 0 Å². The number of nitrogens with one attached hydrogen (secondary N) is 1. The molecule has 2 aromatic rings. The number of methoxy groups -OCH3 is 1. The molecule has 10 heteroatoms. The quantitative estimate of drug-likeness (QED) is 0.678. The van der Waals surface area contributed by atoms with Crippen LogP contribution < -0.4 is 10.1 Å². The van der Waals surface area contributed by atoms with Gasteiger partial charge in [0, 0.05) is 26.1 Å². The molecule has 1 aromatic heterocycles. The van der Waals surface area contributed by atoms with Crippen LogP contribution >= 0.6 is 0 Å². The Hall–Kier alpha value is -2.85. The van der Waals surface area contributed by atoms with Crippen LogP contribution in [0.1, 0.15) is 31.4 Å². The first-order chi connectivity index (χ1) is 15.4. The highest BCUT2D eigenvalue weighted by atomic mass is 32.2. The number of carbonyl (C=O) groups is 2. The highest BCUT2D eigenvalue weighted by Gasteiger charge is 2.35. The molecule has 0 bridgehead atoms. The van der Waals surface area contributed by atoms with Crippen molar-refractivity contribution in [2.75, 3.05) is 32.1 Å². The van der Waals surface area contributed by atoms with Gasteiger partial charge in [0.1, 0.15) is 11.5 Å². The standard InChI is InChI=1S/C22H27N3O6S/c1-30-20-8-7-18(32(28,29)25-9-3-2-4-10-25)13-19(20)23-22(27)16-12-21(26)24(14-16)15-17-6-5-11-31-17/h5-8,11,13,16H,2-4,9-10,12,14-15H2,1H3,(H,23,27). The van der Waals surface area contributed by atoms with Gasteiger partial charge in [0.2, 0.25) is 21.8 Å². The second kappa shape index (κ2) is 9.33. The number of likely N-dealkylation sites (tertiary alicyclic amines) is 1. The predicted molar refractivity (Wildman–Crippen MR) is 116 cm³/mol. The zero-order chi connectivity index (χ0) is 22.7. The van der Waals surface area contributed by atoms with E-state index in [4.69, 9.17) is 9.15 Å². The van der Waals surface area contributed by atoms with Crippen molar-refractivity contribution in [3.8, 4) is 5.75 Å². The molecule has 1 atom stereocenters. The summed E-state index contributed by atoms with van der Waals surface area (Å²) in [6, 6.07) is 7.98. The van der Waals surface area contributed by atoms with Crippen LogP contribution in [-0.2, 0) is 26.2 Å². The van der Waals surface area contributed by atoms with Crippen molar-refractivity contribution in [3.63, 3.8) is 0 Å². The zero-order valence-electron chi connectivity index (χ0n) is 18.0. The summed E-state index contributed by atoms with van der Waals surface area (Å²) in [5.74, 6) is -0.0324. The van der Waals surface area contributed by atoms with Gasteiger partial charge in [-0.15, -0.1) is 0 Å². The molecule has 4 rings (SSSR count).